The first-order chi connectivity index (χ1) is 7.19. The predicted molar refractivity (Wildman–Crippen MR) is 57.3 cm³/mol. The first-order valence-corrected chi connectivity index (χ1v) is 5.27. The van der Waals surface area contributed by atoms with Crippen LogP contribution in [0.4, 0.5) is 0 Å². The number of nitriles is 1. The lowest BCUT2D eigenvalue weighted by molar-refractivity contribution is -0.0566. The number of halogens is 1. The van der Waals surface area contributed by atoms with E-state index >= 15 is 0 Å². The number of carbonyl (C=O) groups is 1. The van der Waals surface area contributed by atoms with Gasteiger partial charge in [-0.15, -0.1) is 0 Å². The molecule has 2 rings (SSSR count). The Morgan fingerprint density at radius 3 is 2.60 bits per heavy atom. The van der Waals surface area contributed by atoms with E-state index < -0.39 is 5.41 Å². The van der Waals surface area contributed by atoms with Crippen LogP contribution in [0.3, 0.4) is 0 Å². The van der Waals surface area contributed by atoms with E-state index in [1.165, 1.54) is 0 Å². The zero-order valence-electron chi connectivity index (χ0n) is 7.87. The van der Waals surface area contributed by atoms with Gasteiger partial charge in [-0.3, -0.25) is 4.79 Å². The Morgan fingerprint density at radius 1 is 1.47 bits per heavy atom. The molecule has 0 aliphatic carbocycles. The van der Waals surface area contributed by atoms with Crippen molar-refractivity contribution >= 4 is 21.7 Å². The van der Waals surface area contributed by atoms with Crippen molar-refractivity contribution in [3.63, 3.8) is 0 Å². The zero-order valence-corrected chi connectivity index (χ0v) is 9.45. The maximum Gasteiger partial charge on any atom is 0.188 e. The average molecular weight is 266 g/mol. The summed E-state index contributed by atoms with van der Waals surface area (Å²) in [4.78, 5) is 12.1. The second-order valence-electron chi connectivity index (χ2n) is 3.50. The number of hydrogen-bond acceptors (Lipinski definition) is 3. The van der Waals surface area contributed by atoms with Crippen LogP contribution in [0, 0.1) is 16.7 Å². The van der Waals surface area contributed by atoms with Gasteiger partial charge >= 0.3 is 0 Å². The fourth-order valence-electron chi connectivity index (χ4n) is 1.46. The van der Waals surface area contributed by atoms with Gasteiger partial charge in [-0.25, -0.2) is 0 Å². The Balaban J connectivity index is 2.37. The molecule has 1 heterocycles. The van der Waals surface area contributed by atoms with E-state index in [0.29, 0.717) is 5.56 Å². The normalized spacial score (nSPS) is 17.6. The minimum absolute atomic E-state index is 0.163. The lowest BCUT2D eigenvalue weighted by Gasteiger charge is -2.33. The Hall–Kier alpha value is -1.18. The zero-order chi connectivity index (χ0) is 10.9. The quantitative estimate of drug-likeness (QED) is 0.771. The van der Waals surface area contributed by atoms with Crippen LogP contribution >= 0.6 is 15.9 Å². The number of nitrogens with zero attached hydrogens (tertiary/aromatic N) is 1. The molecule has 1 aromatic rings. The highest BCUT2D eigenvalue weighted by Crippen LogP contribution is 2.33. The van der Waals surface area contributed by atoms with Crippen LogP contribution in [-0.2, 0) is 4.74 Å². The number of benzene rings is 1. The van der Waals surface area contributed by atoms with Crippen molar-refractivity contribution in [1.29, 1.82) is 5.26 Å². The van der Waals surface area contributed by atoms with Crippen molar-refractivity contribution in [3.05, 3.63) is 34.3 Å². The minimum Gasteiger partial charge on any atom is -0.377 e. The van der Waals surface area contributed by atoms with Gasteiger partial charge in [0.1, 0.15) is 0 Å². The molecule has 4 heteroatoms. The molecular formula is C11H8BrNO2. The Kier molecular flexibility index (Phi) is 2.59. The molecule has 0 saturated carbocycles. The minimum atomic E-state index is -0.968. The van der Waals surface area contributed by atoms with Crippen molar-refractivity contribution in [2.24, 2.45) is 5.41 Å². The number of Topliss-reactive ketones (excluding diaryl/α,β-unsaturated/α-hetero) is 1. The standard InChI is InChI=1S/C11H8BrNO2/c12-9-4-2-1-3-8(9)10(14)11(5-13)6-15-7-11/h1-4H,6-7H2. The molecular weight excluding hydrogens is 258 g/mol. The Bertz CT molecular complexity index is 446. The third-order valence-corrected chi connectivity index (χ3v) is 3.16. The molecule has 1 saturated heterocycles. The lowest BCUT2D eigenvalue weighted by atomic mass is 9.80. The van der Waals surface area contributed by atoms with E-state index in [4.69, 9.17) is 10.00 Å². The third-order valence-electron chi connectivity index (χ3n) is 2.46. The number of hydrogen-bond donors (Lipinski definition) is 0. The topological polar surface area (TPSA) is 50.1 Å². The number of rotatable bonds is 2. The number of carbonyl (C=O) groups excluding carboxylic acids is 1. The molecule has 0 spiro atoms. The van der Waals surface area contributed by atoms with E-state index in [1.54, 1.807) is 18.2 Å². The summed E-state index contributed by atoms with van der Waals surface area (Å²) in [7, 11) is 0. The number of ketones is 1. The second-order valence-corrected chi connectivity index (χ2v) is 4.35. The van der Waals surface area contributed by atoms with Gasteiger partial charge in [0.15, 0.2) is 11.2 Å². The molecule has 0 atom stereocenters. The molecule has 1 aliphatic heterocycles. The molecule has 0 amide bonds. The van der Waals surface area contributed by atoms with Crippen LogP contribution in [0.5, 0.6) is 0 Å². The highest BCUT2D eigenvalue weighted by atomic mass is 79.9. The summed E-state index contributed by atoms with van der Waals surface area (Å²) in [5.41, 5.74) is -0.425. The molecule has 0 bridgehead atoms. The summed E-state index contributed by atoms with van der Waals surface area (Å²) < 4.78 is 5.67. The third kappa shape index (κ3) is 1.58. The molecule has 1 aromatic carbocycles. The maximum absolute atomic E-state index is 12.1. The first kappa shape index (κ1) is 10.3. The van der Waals surface area contributed by atoms with Gasteiger partial charge in [0, 0.05) is 10.0 Å². The molecule has 0 aromatic heterocycles. The smallest absolute Gasteiger partial charge is 0.188 e. The summed E-state index contributed by atoms with van der Waals surface area (Å²) in [5, 5.41) is 8.99. The highest BCUT2D eigenvalue weighted by Gasteiger charge is 2.47. The monoisotopic (exact) mass is 265 g/mol. The fourth-order valence-corrected chi connectivity index (χ4v) is 1.92. The van der Waals surface area contributed by atoms with Crippen LogP contribution in [0.15, 0.2) is 28.7 Å². The van der Waals surface area contributed by atoms with Gasteiger partial charge in [0.05, 0.1) is 19.3 Å². The van der Waals surface area contributed by atoms with E-state index in [9.17, 15) is 4.79 Å². The van der Waals surface area contributed by atoms with Crippen LogP contribution in [0.2, 0.25) is 0 Å². The summed E-state index contributed by atoms with van der Waals surface area (Å²) in [6.07, 6.45) is 0. The second kappa shape index (κ2) is 3.76. The molecule has 1 fully saturated rings. The molecule has 1 aliphatic rings. The summed E-state index contributed by atoms with van der Waals surface area (Å²) >= 11 is 3.30. The Labute approximate surface area is 95.8 Å². The van der Waals surface area contributed by atoms with Crippen LogP contribution < -0.4 is 0 Å². The first-order valence-electron chi connectivity index (χ1n) is 4.48. The molecule has 0 unspecified atom stereocenters. The molecule has 3 nitrogen and oxygen atoms in total. The van der Waals surface area contributed by atoms with Gasteiger partial charge in [0.25, 0.3) is 0 Å². The van der Waals surface area contributed by atoms with Crippen molar-refractivity contribution in [2.75, 3.05) is 13.2 Å². The molecule has 76 valence electrons. The fraction of sp³-hybridized carbons (Fsp3) is 0.273. The van der Waals surface area contributed by atoms with Crippen molar-refractivity contribution in [1.82, 2.24) is 0 Å². The summed E-state index contributed by atoms with van der Waals surface area (Å²) in [6, 6.07) is 9.16. The SMILES string of the molecule is N#CC1(C(=O)c2ccccc2Br)COC1. The van der Waals surface area contributed by atoms with Gasteiger partial charge in [0.2, 0.25) is 0 Å². The van der Waals surface area contributed by atoms with Crippen molar-refractivity contribution in [3.8, 4) is 6.07 Å². The average Bonchev–Trinajstić information content (AvgIpc) is 2.17. The van der Waals surface area contributed by atoms with Crippen molar-refractivity contribution in [2.45, 2.75) is 0 Å². The van der Waals surface area contributed by atoms with E-state index in [1.807, 2.05) is 12.1 Å². The predicted octanol–water partition coefficient (Wildman–Crippen LogP) is 2.17. The van der Waals surface area contributed by atoms with Gasteiger partial charge in [-0.1, -0.05) is 34.1 Å². The van der Waals surface area contributed by atoms with Gasteiger partial charge in [-0.2, -0.15) is 5.26 Å². The van der Waals surface area contributed by atoms with E-state index in [0.717, 1.165) is 4.47 Å². The van der Waals surface area contributed by atoms with Gasteiger partial charge in [-0.05, 0) is 6.07 Å². The van der Waals surface area contributed by atoms with Crippen molar-refractivity contribution < 1.29 is 9.53 Å². The van der Waals surface area contributed by atoms with Crippen LogP contribution in [0.25, 0.3) is 0 Å². The summed E-state index contributed by atoms with van der Waals surface area (Å²) in [6.45, 7) is 0.396. The van der Waals surface area contributed by atoms with Crippen LogP contribution in [0.1, 0.15) is 10.4 Å². The van der Waals surface area contributed by atoms with E-state index in [-0.39, 0.29) is 19.0 Å². The molecule has 0 N–H and O–H groups in total. The highest BCUT2D eigenvalue weighted by molar-refractivity contribution is 9.10. The maximum atomic E-state index is 12.1. The van der Waals surface area contributed by atoms with Crippen LogP contribution in [-0.4, -0.2) is 19.0 Å². The van der Waals surface area contributed by atoms with Gasteiger partial charge < -0.3 is 4.74 Å². The number of ether oxygens (including phenoxy) is 1. The largest absolute Gasteiger partial charge is 0.377 e. The lowest BCUT2D eigenvalue weighted by Crippen LogP contribution is -2.48. The molecule has 0 radical (unpaired) electrons. The Morgan fingerprint density at radius 2 is 2.13 bits per heavy atom. The molecule has 15 heavy (non-hydrogen) atoms. The van der Waals surface area contributed by atoms with E-state index in [2.05, 4.69) is 15.9 Å². The summed E-state index contributed by atoms with van der Waals surface area (Å²) in [5.74, 6) is -0.163.